The number of ether oxygens (including phenoxy) is 2. The maximum Gasteiger partial charge on any atom is 0.420 e. The van der Waals surface area contributed by atoms with Gasteiger partial charge < -0.3 is 34.3 Å². The number of likely N-dealkylation sites (N-methyl/N-ethyl adjacent to an activating group) is 1. The van der Waals surface area contributed by atoms with Gasteiger partial charge in [0, 0.05) is 39.6 Å². The van der Waals surface area contributed by atoms with Crippen LogP contribution in [-0.2, 0) is 32.1 Å². The number of amides is 4. The lowest BCUT2D eigenvalue weighted by Crippen LogP contribution is -2.47. The van der Waals surface area contributed by atoms with Crippen LogP contribution in [0, 0.1) is 0 Å². The van der Waals surface area contributed by atoms with Gasteiger partial charge in [0.15, 0.2) is 23.7 Å². The number of hydrogen-bond donors (Lipinski definition) is 2. The fourth-order valence-electron chi connectivity index (χ4n) is 5.17. The van der Waals surface area contributed by atoms with Crippen LogP contribution in [0.25, 0.3) is 11.1 Å². The molecule has 0 saturated heterocycles. The number of aryl methyl sites for hydroxylation is 1. The molecule has 1 aliphatic rings. The molecule has 2 bridgehead atoms. The van der Waals surface area contributed by atoms with Gasteiger partial charge in [-0.2, -0.15) is 0 Å². The van der Waals surface area contributed by atoms with Crippen LogP contribution in [-0.4, -0.2) is 91.0 Å². The normalized spacial score (nSPS) is 18.3. The number of carbonyl (C=O) groups is 4. The number of benzene rings is 2. The minimum absolute atomic E-state index is 0.134. The average Bonchev–Trinajstić information content (AvgIpc) is 3.35. The topological polar surface area (TPSA) is 152 Å². The Labute approximate surface area is 261 Å². The third-order valence-corrected chi connectivity index (χ3v) is 7.67. The Balaban J connectivity index is 1.46. The van der Waals surface area contributed by atoms with E-state index in [0.717, 1.165) is 5.56 Å². The maximum atomic E-state index is 13.4. The number of oxazole rings is 1. The van der Waals surface area contributed by atoms with Gasteiger partial charge in [-0.3, -0.25) is 23.7 Å². The van der Waals surface area contributed by atoms with E-state index in [0.29, 0.717) is 74.5 Å². The molecule has 0 fully saturated rings. The molecule has 4 amide bonds. The molecule has 0 radical (unpaired) electrons. The van der Waals surface area contributed by atoms with Crippen LogP contribution in [0.3, 0.4) is 0 Å². The van der Waals surface area contributed by atoms with Gasteiger partial charge in [-0.05, 0) is 62.4 Å². The van der Waals surface area contributed by atoms with Crippen molar-refractivity contribution >= 4 is 34.7 Å². The van der Waals surface area contributed by atoms with Crippen LogP contribution in [0.4, 0.5) is 0 Å². The second-order valence-corrected chi connectivity index (χ2v) is 11.0. The van der Waals surface area contributed by atoms with Crippen LogP contribution >= 0.6 is 0 Å². The highest BCUT2D eigenvalue weighted by molar-refractivity contribution is 5.87. The van der Waals surface area contributed by atoms with Gasteiger partial charge in [0.2, 0.25) is 17.7 Å². The Hall–Kier alpha value is -4.81. The maximum absolute atomic E-state index is 13.4. The zero-order valence-corrected chi connectivity index (χ0v) is 26.0. The van der Waals surface area contributed by atoms with Gasteiger partial charge in [-0.15, -0.1) is 0 Å². The Bertz CT molecular complexity index is 1560. The summed E-state index contributed by atoms with van der Waals surface area (Å²) in [4.78, 5) is 67.2. The van der Waals surface area contributed by atoms with Gasteiger partial charge >= 0.3 is 5.76 Å². The van der Waals surface area contributed by atoms with Crippen molar-refractivity contribution in [1.82, 2.24) is 25.0 Å². The Morgan fingerprint density at radius 2 is 1.73 bits per heavy atom. The molecule has 13 heteroatoms. The third kappa shape index (κ3) is 9.10. The van der Waals surface area contributed by atoms with Crippen molar-refractivity contribution in [2.24, 2.45) is 0 Å². The molecule has 242 valence electrons. The second kappa shape index (κ2) is 15.8. The van der Waals surface area contributed by atoms with Gasteiger partial charge in [-0.25, -0.2) is 4.79 Å². The summed E-state index contributed by atoms with van der Waals surface area (Å²) in [5.41, 5.74) is 1.78. The number of nitrogens with one attached hydrogen (secondary N) is 2. The lowest BCUT2D eigenvalue weighted by Gasteiger charge is -2.25. The molecule has 2 aromatic carbocycles. The zero-order chi connectivity index (χ0) is 32.3. The molecular formula is C32H41N5O8. The Morgan fingerprint density at radius 3 is 2.53 bits per heavy atom. The minimum Gasteiger partial charge on any atom is -0.493 e. The van der Waals surface area contributed by atoms with E-state index in [-0.39, 0.29) is 37.3 Å². The number of rotatable bonds is 3. The van der Waals surface area contributed by atoms with E-state index in [4.69, 9.17) is 13.9 Å². The summed E-state index contributed by atoms with van der Waals surface area (Å²) < 4.78 is 17.7. The molecule has 0 saturated carbocycles. The third-order valence-electron chi connectivity index (χ3n) is 7.67. The van der Waals surface area contributed by atoms with Crippen molar-refractivity contribution in [2.75, 3.05) is 46.9 Å². The average molecular weight is 624 g/mol. The van der Waals surface area contributed by atoms with Gasteiger partial charge in [0.1, 0.15) is 12.6 Å². The predicted molar refractivity (Wildman–Crippen MR) is 166 cm³/mol. The molecule has 4 rings (SSSR count). The quantitative estimate of drug-likeness (QED) is 0.447. The fraction of sp³-hybridized carbons (Fsp3) is 0.469. The smallest absolute Gasteiger partial charge is 0.420 e. The first kappa shape index (κ1) is 33.1. The standard InChI is InChI=1S/C32H41N5O8/c1-22-31(41)35(2)16-6-7-17-36(30(40)20-37-24-9-4-5-10-25(24)45-32(37)42)18-8-15-33-28(38)14-12-23-11-13-26(43-3)27(19-23)44-21-29(39)34-22/h4-5,9-11,13,19,22H,6-8,12,14-18,20-21H2,1-3H3,(H,33,38)(H,34,39)/t22-/m0/s1. The lowest BCUT2D eigenvalue weighted by atomic mass is 10.1. The van der Waals surface area contributed by atoms with Crippen LogP contribution < -0.4 is 25.9 Å². The van der Waals surface area contributed by atoms with Crippen LogP contribution in [0.5, 0.6) is 11.5 Å². The summed E-state index contributed by atoms with van der Waals surface area (Å²) in [7, 11) is 3.16. The van der Waals surface area contributed by atoms with Crippen molar-refractivity contribution in [3.05, 3.63) is 58.6 Å². The van der Waals surface area contributed by atoms with Crippen LogP contribution in [0.15, 0.2) is 51.7 Å². The molecule has 1 aromatic heterocycles. The SMILES string of the molecule is COc1ccc2cc1OCC(=O)N[C@@H](C)C(=O)N(C)CCCCN(C(=O)Cn1c(=O)oc3ccccc31)CCCNC(=O)CC2. The van der Waals surface area contributed by atoms with Gasteiger partial charge in [0.05, 0.1) is 12.6 Å². The molecule has 2 heterocycles. The number of carbonyl (C=O) groups excluding carboxylic acids is 4. The first-order valence-corrected chi connectivity index (χ1v) is 15.1. The van der Waals surface area contributed by atoms with Crippen molar-refractivity contribution in [3.8, 4) is 11.5 Å². The highest BCUT2D eigenvalue weighted by atomic mass is 16.5. The van der Waals surface area contributed by atoms with Crippen molar-refractivity contribution in [1.29, 1.82) is 0 Å². The van der Waals surface area contributed by atoms with Crippen LogP contribution in [0.2, 0.25) is 0 Å². The van der Waals surface area contributed by atoms with Crippen molar-refractivity contribution in [2.45, 2.75) is 51.6 Å². The first-order chi connectivity index (χ1) is 21.7. The first-order valence-electron chi connectivity index (χ1n) is 15.1. The summed E-state index contributed by atoms with van der Waals surface area (Å²) in [6, 6.07) is 11.4. The van der Waals surface area contributed by atoms with Crippen LogP contribution in [0.1, 0.15) is 38.2 Å². The van der Waals surface area contributed by atoms with Gasteiger partial charge in [-0.1, -0.05) is 18.2 Å². The molecule has 45 heavy (non-hydrogen) atoms. The van der Waals surface area contributed by atoms with E-state index in [2.05, 4.69) is 10.6 Å². The number of para-hydroxylation sites is 2. The van der Waals surface area contributed by atoms with Gasteiger partial charge in [0.25, 0.3) is 5.91 Å². The molecule has 0 unspecified atom stereocenters. The number of methoxy groups -OCH3 is 1. The molecule has 13 nitrogen and oxygen atoms in total. The molecule has 2 N–H and O–H groups in total. The Morgan fingerprint density at radius 1 is 0.978 bits per heavy atom. The molecule has 3 aromatic rings. The summed E-state index contributed by atoms with van der Waals surface area (Å²) >= 11 is 0. The van der Waals surface area contributed by atoms with E-state index >= 15 is 0 Å². The highest BCUT2D eigenvalue weighted by Crippen LogP contribution is 2.28. The second-order valence-electron chi connectivity index (χ2n) is 11.0. The van der Waals surface area contributed by atoms with Crippen molar-refractivity contribution < 1.29 is 33.1 Å². The van der Waals surface area contributed by atoms with E-state index in [1.54, 1.807) is 60.2 Å². The molecule has 1 atom stereocenters. The lowest BCUT2D eigenvalue weighted by molar-refractivity contribution is -0.135. The zero-order valence-electron chi connectivity index (χ0n) is 26.0. The summed E-state index contributed by atoms with van der Waals surface area (Å²) in [5.74, 6) is -0.892. The molecule has 0 aliphatic carbocycles. The number of hydrogen-bond acceptors (Lipinski definition) is 8. The molecule has 0 spiro atoms. The largest absolute Gasteiger partial charge is 0.493 e. The highest BCUT2D eigenvalue weighted by Gasteiger charge is 2.21. The van der Waals surface area contributed by atoms with E-state index in [1.807, 2.05) is 6.07 Å². The molecule has 1 aliphatic heterocycles. The van der Waals surface area contributed by atoms with E-state index in [9.17, 15) is 24.0 Å². The monoisotopic (exact) mass is 623 g/mol. The van der Waals surface area contributed by atoms with Crippen molar-refractivity contribution in [3.63, 3.8) is 0 Å². The number of nitrogens with zero attached hydrogens (tertiary/aromatic N) is 3. The Kier molecular flexibility index (Phi) is 11.6. The summed E-state index contributed by atoms with van der Waals surface area (Å²) in [6.07, 6.45) is 2.41. The summed E-state index contributed by atoms with van der Waals surface area (Å²) in [6.45, 7) is 2.70. The fourth-order valence-corrected chi connectivity index (χ4v) is 5.17. The number of fused-ring (bicyclic) bond motifs is 3. The molecular weight excluding hydrogens is 582 g/mol. The van der Waals surface area contributed by atoms with E-state index in [1.165, 1.54) is 11.7 Å². The number of aromatic nitrogens is 1. The predicted octanol–water partition coefficient (Wildman–Crippen LogP) is 1.71. The van der Waals surface area contributed by atoms with E-state index < -0.39 is 17.7 Å². The minimum atomic E-state index is -0.767. The summed E-state index contributed by atoms with van der Waals surface area (Å²) in [5, 5.41) is 5.58.